The lowest BCUT2D eigenvalue weighted by atomic mass is 9.90. The molecular formula is C59H89N13O18. The van der Waals surface area contributed by atoms with Gasteiger partial charge in [0.1, 0.15) is 17.5 Å². The number of amides is 6. The number of likely N-dealkylation sites (tertiary alicyclic amines) is 1. The van der Waals surface area contributed by atoms with Gasteiger partial charge >= 0.3 is 29.9 Å². The topological polar surface area (TPSA) is 410 Å². The normalized spacial score (nSPS) is 15.5. The number of hydrogen-bond donors (Lipinski definition) is 11. The van der Waals surface area contributed by atoms with Gasteiger partial charge in [-0.2, -0.15) is 0 Å². The number of phenols is 2. The van der Waals surface area contributed by atoms with Crippen molar-refractivity contribution in [3.05, 3.63) is 53.3 Å². The van der Waals surface area contributed by atoms with E-state index < -0.39 is 47.8 Å². The molecule has 0 saturated carbocycles. The average Bonchev–Trinajstić information content (AvgIpc) is 1.70. The number of phenolic OH excluding ortho intramolecular Hbond substituents is 2. The van der Waals surface area contributed by atoms with Gasteiger partial charge in [0.2, 0.25) is 23.5 Å². The molecule has 2 saturated heterocycles. The summed E-state index contributed by atoms with van der Waals surface area (Å²) in [5.41, 5.74) is 2.49. The van der Waals surface area contributed by atoms with E-state index in [-0.39, 0.29) is 210 Å². The monoisotopic (exact) mass is 1270 g/mol. The molecule has 498 valence electrons. The number of carbonyl (C=O) groups is 9. The summed E-state index contributed by atoms with van der Waals surface area (Å²) in [6.45, 7) is 8.51. The summed E-state index contributed by atoms with van der Waals surface area (Å²) in [5, 5.41) is 82.1. The number of carbonyl (C=O) groups excluding carboxylic acids is 5. The molecule has 0 radical (unpaired) electrons. The molecule has 2 aliphatic rings. The smallest absolute Gasteiger partial charge is 0.320 e. The Bertz CT molecular complexity index is 2800. The molecule has 31 heteroatoms. The number of ether oxygens (including phenoxy) is 3. The second-order valence-corrected chi connectivity index (χ2v) is 22.2. The van der Waals surface area contributed by atoms with Crippen LogP contribution in [0.2, 0.25) is 0 Å². The van der Waals surface area contributed by atoms with Gasteiger partial charge in [-0.25, -0.2) is 4.79 Å². The largest absolute Gasteiger partial charge is 0.508 e. The second kappa shape index (κ2) is 38.5. The highest BCUT2D eigenvalue weighted by molar-refractivity contribution is 5.92. The van der Waals surface area contributed by atoms with Gasteiger partial charge in [0, 0.05) is 130 Å². The van der Waals surface area contributed by atoms with Crippen molar-refractivity contribution < 1.29 is 88.0 Å². The number of rotatable bonds is 35. The van der Waals surface area contributed by atoms with Gasteiger partial charge in [-0.05, 0) is 66.8 Å². The van der Waals surface area contributed by atoms with Gasteiger partial charge < -0.3 is 76.3 Å². The van der Waals surface area contributed by atoms with E-state index in [1.807, 2.05) is 43.0 Å². The van der Waals surface area contributed by atoms with Crippen molar-refractivity contribution in [2.75, 3.05) is 157 Å². The van der Waals surface area contributed by atoms with Crippen LogP contribution in [-0.2, 0) is 54.2 Å². The third kappa shape index (κ3) is 25.8. The third-order valence-electron chi connectivity index (χ3n) is 15.2. The summed E-state index contributed by atoms with van der Waals surface area (Å²) >= 11 is 0. The predicted octanol–water partition coefficient (Wildman–Crippen LogP) is -0.320. The molecule has 6 amide bonds. The van der Waals surface area contributed by atoms with Crippen molar-refractivity contribution >= 4 is 53.5 Å². The minimum Gasteiger partial charge on any atom is -0.508 e. The maximum atomic E-state index is 13.7. The predicted molar refractivity (Wildman–Crippen MR) is 324 cm³/mol. The molecule has 2 aromatic carbocycles. The van der Waals surface area contributed by atoms with E-state index in [4.69, 9.17) is 14.2 Å². The number of aromatic hydroxyl groups is 2. The van der Waals surface area contributed by atoms with Gasteiger partial charge in [0.05, 0.1) is 64.8 Å². The lowest BCUT2D eigenvalue weighted by Crippen LogP contribution is -2.52. The van der Waals surface area contributed by atoms with Crippen LogP contribution in [-0.4, -0.2) is 287 Å². The molecule has 2 fully saturated rings. The molecule has 3 aromatic rings. The number of benzene rings is 2. The van der Waals surface area contributed by atoms with Crippen molar-refractivity contribution in [2.24, 2.45) is 5.92 Å². The van der Waals surface area contributed by atoms with Gasteiger partial charge in [-0.15, -0.1) is 10.2 Å². The first-order valence-corrected chi connectivity index (χ1v) is 30.3. The quantitative estimate of drug-likeness (QED) is 0.0336. The summed E-state index contributed by atoms with van der Waals surface area (Å²) in [4.78, 5) is 119. The molecular weight excluding hydrogens is 1180 g/mol. The number of urea groups is 1. The summed E-state index contributed by atoms with van der Waals surface area (Å²) in [5.74, 6) is -5.69. The third-order valence-corrected chi connectivity index (χ3v) is 15.2. The Hall–Kier alpha value is -8.07. The summed E-state index contributed by atoms with van der Waals surface area (Å²) < 4.78 is 18.1. The zero-order chi connectivity index (χ0) is 65.5. The molecule has 3 heterocycles. The molecule has 1 aromatic heterocycles. The minimum atomic E-state index is -1.22. The minimum absolute atomic E-state index is 0.0470. The number of nitrogens with zero attached hydrogens (tertiary/aromatic N) is 8. The summed E-state index contributed by atoms with van der Waals surface area (Å²) in [7, 11) is 0. The molecule has 5 rings (SSSR count). The first-order valence-electron chi connectivity index (χ1n) is 30.3. The summed E-state index contributed by atoms with van der Waals surface area (Å²) in [6.07, 6.45) is 2.38. The average molecular weight is 1270 g/mol. The van der Waals surface area contributed by atoms with E-state index in [1.54, 1.807) is 37.2 Å². The molecule has 0 bridgehead atoms. The van der Waals surface area contributed by atoms with Gasteiger partial charge in [0.25, 0.3) is 5.91 Å². The van der Waals surface area contributed by atoms with E-state index in [0.29, 0.717) is 17.2 Å². The number of nitrogens with one attached hydrogen (secondary N) is 5. The van der Waals surface area contributed by atoms with Crippen molar-refractivity contribution in [3.63, 3.8) is 0 Å². The Kier molecular flexibility index (Phi) is 31.1. The zero-order valence-corrected chi connectivity index (χ0v) is 51.6. The highest BCUT2D eigenvalue weighted by Gasteiger charge is 2.30. The van der Waals surface area contributed by atoms with Crippen LogP contribution in [0, 0.1) is 5.92 Å². The van der Waals surface area contributed by atoms with E-state index in [9.17, 15) is 73.8 Å². The molecule has 11 N–H and O–H groups in total. The van der Waals surface area contributed by atoms with Crippen molar-refractivity contribution in [2.45, 2.75) is 71.3 Å². The van der Waals surface area contributed by atoms with Gasteiger partial charge in [-0.3, -0.25) is 62.5 Å². The number of carboxylic acids is 4. The molecule has 90 heavy (non-hydrogen) atoms. The molecule has 1 atom stereocenters. The fourth-order valence-corrected chi connectivity index (χ4v) is 10.3. The standard InChI is InChI=1S/C59H89N13O18/c1-40(2)45-35-46(49(75)36-48(45)74)55-65-66-56(72(55)44-6-4-42(5-7-44)34-43-10-18-70(19-11-43)41(3)73)57(84)62-15-13-61-51(77)12-28-88-30-32-90-33-31-89-29-17-64-59(87)63-16-14-60-50(76)9-8-47(58(85)86)71-26-24-68(38-53(80)81)22-20-67(37-52(78)79)21-23-69(25-27-71)39-54(82)83/h4-7,35-36,40,43,47,74-75H,8-34,37-39H2,1-3H3,(H,60,76)(H,61,77)(H,62,84)(H,78,79)(H,80,81)(H,82,83)(H,85,86)(H2,63,64,87). The van der Waals surface area contributed by atoms with Crippen molar-refractivity contribution in [1.82, 2.24) is 65.8 Å². The summed E-state index contributed by atoms with van der Waals surface area (Å²) in [6, 6.07) is 8.85. The van der Waals surface area contributed by atoms with Gasteiger partial charge in [0.15, 0.2) is 5.82 Å². The highest BCUT2D eigenvalue weighted by atomic mass is 16.5. The zero-order valence-electron chi connectivity index (χ0n) is 51.6. The number of hydrogen-bond acceptors (Lipinski definition) is 20. The van der Waals surface area contributed by atoms with Crippen LogP contribution in [0.1, 0.15) is 80.5 Å². The Balaban J connectivity index is 0.919. The van der Waals surface area contributed by atoms with Crippen LogP contribution >= 0.6 is 0 Å². The van der Waals surface area contributed by atoms with E-state index in [2.05, 4.69) is 36.8 Å². The van der Waals surface area contributed by atoms with Crippen LogP contribution in [0.4, 0.5) is 4.79 Å². The first-order chi connectivity index (χ1) is 43.1. The van der Waals surface area contributed by atoms with Crippen LogP contribution in [0.25, 0.3) is 17.1 Å². The molecule has 1 unspecified atom stereocenters. The van der Waals surface area contributed by atoms with Crippen molar-refractivity contribution in [1.29, 1.82) is 0 Å². The molecule has 31 nitrogen and oxygen atoms in total. The van der Waals surface area contributed by atoms with E-state index in [1.165, 1.54) is 6.07 Å². The number of aromatic nitrogens is 3. The first kappa shape index (κ1) is 72.7. The Morgan fingerprint density at radius 3 is 1.61 bits per heavy atom. The lowest BCUT2D eigenvalue weighted by Gasteiger charge is -2.35. The van der Waals surface area contributed by atoms with Crippen molar-refractivity contribution in [3.8, 4) is 28.6 Å². The Labute approximate surface area is 522 Å². The van der Waals surface area contributed by atoms with Crippen LogP contribution in [0.3, 0.4) is 0 Å². The molecule has 2 aliphatic heterocycles. The lowest BCUT2D eigenvalue weighted by molar-refractivity contribution is -0.145. The Morgan fingerprint density at radius 2 is 1.08 bits per heavy atom. The maximum Gasteiger partial charge on any atom is 0.320 e. The number of aliphatic carboxylic acids is 4. The molecule has 0 spiro atoms. The fourth-order valence-electron chi connectivity index (χ4n) is 10.3. The second-order valence-electron chi connectivity index (χ2n) is 22.2. The van der Waals surface area contributed by atoms with Crippen LogP contribution in [0.15, 0.2) is 36.4 Å². The Morgan fingerprint density at radius 1 is 0.578 bits per heavy atom. The fraction of sp³-hybridized carbons (Fsp3) is 0.610. The highest BCUT2D eigenvalue weighted by Crippen LogP contribution is 2.38. The van der Waals surface area contributed by atoms with Crippen LogP contribution < -0.4 is 26.6 Å². The number of carboxylic acid groups (broad SMARTS) is 4. The SMILES string of the molecule is CC(=O)N1CCC(Cc2ccc(-n3c(C(=O)NCCNC(=O)CCOCCOCCOCCNC(=O)NCCNC(=O)CCC(C(=O)O)N4CCN(CC(=O)O)CCN(CC(=O)O)CCN(CC(=O)O)CC4)nnc3-c3cc(C(C)C)c(O)cc3O)cc2)CC1. The van der Waals surface area contributed by atoms with Gasteiger partial charge in [-0.1, -0.05) is 26.0 Å². The van der Waals surface area contributed by atoms with Crippen LogP contribution in [0.5, 0.6) is 11.5 Å². The van der Waals surface area contributed by atoms with E-state index in [0.717, 1.165) is 37.9 Å². The number of piperidine rings is 1. The maximum absolute atomic E-state index is 13.7. The van der Waals surface area contributed by atoms with E-state index >= 15 is 0 Å². The molecule has 0 aliphatic carbocycles.